The Morgan fingerprint density at radius 3 is 2.35 bits per heavy atom. The predicted octanol–water partition coefficient (Wildman–Crippen LogP) is 3.20. The Kier molecular flexibility index (Phi) is 5.09. The first-order chi connectivity index (χ1) is 15.2. The Labute approximate surface area is 179 Å². The van der Waals surface area contributed by atoms with Crippen molar-refractivity contribution in [1.29, 1.82) is 0 Å². The van der Waals surface area contributed by atoms with Crippen molar-refractivity contribution in [3.8, 4) is 11.5 Å². The summed E-state index contributed by atoms with van der Waals surface area (Å²) in [6.07, 6.45) is 0. The maximum Gasteiger partial charge on any atom is 0.270 e. The molecule has 156 valence electrons. The second-order valence-electron chi connectivity index (χ2n) is 7.75. The molecule has 0 radical (unpaired) electrons. The van der Waals surface area contributed by atoms with Crippen LogP contribution < -0.4 is 0 Å². The van der Waals surface area contributed by atoms with Crippen LogP contribution in [-0.4, -0.2) is 69.2 Å². The lowest BCUT2D eigenvalue weighted by Gasteiger charge is -2.34. The number of nitrogens with one attached hydrogen (secondary N) is 2. The average Bonchev–Trinajstić information content (AvgIpc) is 3.47. The van der Waals surface area contributed by atoms with E-state index in [1.54, 1.807) is 6.07 Å². The molecule has 1 aliphatic rings. The van der Waals surface area contributed by atoms with E-state index in [2.05, 4.69) is 19.9 Å². The highest BCUT2D eigenvalue weighted by molar-refractivity contribution is 5.97. The number of H-pyrrole nitrogens is 2. The Balaban J connectivity index is 1.20. The van der Waals surface area contributed by atoms with Crippen molar-refractivity contribution >= 4 is 22.7 Å². The SMILES string of the molecule is O=C(CN1CCN(C(=O)c2ccc(-c3nc4ccccc4[nH]3)[nH]2)CC1)c1ccccc1. The Bertz CT molecular complexity index is 1190. The summed E-state index contributed by atoms with van der Waals surface area (Å²) < 4.78 is 0. The number of aromatic amines is 2. The molecule has 1 fully saturated rings. The predicted molar refractivity (Wildman–Crippen MR) is 119 cm³/mol. The molecule has 3 heterocycles. The number of benzene rings is 2. The van der Waals surface area contributed by atoms with Crippen LogP contribution in [0.5, 0.6) is 0 Å². The molecule has 1 aliphatic heterocycles. The minimum absolute atomic E-state index is 0.0311. The van der Waals surface area contributed by atoms with Gasteiger partial charge in [-0.1, -0.05) is 42.5 Å². The summed E-state index contributed by atoms with van der Waals surface area (Å²) in [6, 6.07) is 20.8. The normalized spacial score (nSPS) is 14.8. The zero-order chi connectivity index (χ0) is 21.2. The molecule has 2 N–H and O–H groups in total. The van der Waals surface area contributed by atoms with Crippen molar-refractivity contribution in [2.45, 2.75) is 0 Å². The van der Waals surface area contributed by atoms with Crippen LogP contribution in [0.1, 0.15) is 20.8 Å². The lowest BCUT2D eigenvalue weighted by atomic mass is 10.1. The van der Waals surface area contributed by atoms with Gasteiger partial charge in [-0.05, 0) is 24.3 Å². The molecule has 1 saturated heterocycles. The van der Waals surface area contributed by atoms with E-state index in [9.17, 15) is 9.59 Å². The van der Waals surface area contributed by atoms with Gasteiger partial charge in [0.1, 0.15) is 5.69 Å². The second-order valence-corrected chi connectivity index (χ2v) is 7.75. The quantitative estimate of drug-likeness (QED) is 0.492. The number of hydrogen-bond donors (Lipinski definition) is 2. The highest BCUT2D eigenvalue weighted by Crippen LogP contribution is 2.20. The monoisotopic (exact) mass is 413 g/mol. The zero-order valence-corrected chi connectivity index (χ0v) is 17.0. The summed E-state index contributed by atoms with van der Waals surface area (Å²) in [6.45, 7) is 2.94. The molecule has 0 spiro atoms. The van der Waals surface area contributed by atoms with Crippen LogP contribution in [0.15, 0.2) is 66.7 Å². The molecule has 0 bridgehead atoms. The summed E-state index contributed by atoms with van der Waals surface area (Å²) in [5.41, 5.74) is 3.91. The number of imidazole rings is 1. The molecule has 0 atom stereocenters. The van der Waals surface area contributed by atoms with Crippen LogP contribution >= 0.6 is 0 Å². The fraction of sp³-hybridized carbons (Fsp3) is 0.208. The van der Waals surface area contributed by atoms with Gasteiger partial charge in [-0.15, -0.1) is 0 Å². The molecule has 0 aliphatic carbocycles. The van der Waals surface area contributed by atoms with Crippen molar-refractivity contribution in [3.63, 3.8) is 0 Å². The average molecular weight is 413 g/mol. The zero-order valence-electron chi connectivity index (χ0n) is 17.0. The number of para-hydroxylation sites is 2. The van der Waals surface area contributed by atoms with E-state index < -0.39 is 0 Å². The fourth-order valence-electron chi connectivity index (χ4n) is 3.94. The number of ketones is 1. The number of piperazine rings is 1. The van der Waals surface area contributed by atoms with Crippen LogP contribution in [0, 0.1) is 0 Å². The van der Waals surface area contributed by atoms with Gasteiger partial charge in [0.05, 0.1) is 23.3 Å². The maximum atomic E-state index is 12.9. The fourth-order valence-corrected chi connectivity index (χ4v) is 3.94. The van der Waals surface area contributed by atoms with Crippen LogP contribution in [0.3, 0.4) is 0 Å². The summed E-state index contributed by atoms with van der Waals surface area (Å²) >= 11 is 0. The van der Waals surface area contributed by atoms with E-state index in [4.69, 9.17) is 0 Å². The molecule has 4 aromatic rings. The number of rotatable bonds is 5. The number of nitrogens with zero attached hydrogens (tertiary/aromatic N) is 3. The van der Waals surface area contributed by atoms with Crippen LogP contribution in [0.4, 0.5) is 0 Å². The number of hydrogen-bond acceptors (Lipinski definition) is 4. The maximum absolute atomic E-state index is 12.9. The third-order valence-electron chi connectivity index (χ3n) is 5.68. The van der Waals surface area contributed by atoms with Gasteiger partial charge in [-0.2, -0.15) is 0 Å². The molecular formula is C24H23N5O2. The van der Waals surface area contributed by atoms with Crippen LogP contribution in [-0.2, 0) is 0 Å². The van der Waals surface area contributed by atoms with E-state index in [1.807, 2.05) is 65.6 Å². The van der Waals surface area contributed by atoms with Gasteiger partial charge >= 0.3 is 0 Å². The molecule has 2 aromatic heterocycles. The van der Waals surface area contributed by atoms with E-state index in [1.165, 1.54) is 0 Å². The Morgan fingerprint density at radius 1 is 0.839 bits per heavy atom. The van der Waals surface area contributed by atoms with E-state index in [0.29, 0.717) is 44.2 Å². The minimum atomic E-state index is -0.0311. The first kappa shape index (κ1) is 19.3. The van der Waals surface area contributed by atoms with Crippen molar-refractivity contribution in [2.24, 2.45) is 0 Å². The lowest BCUT2D eigenvalue weighted by molar-refractivity contribution is 0.0620. The van der Waals surface area contributed by atoms with Gasteiger partial charge in [-0.25, -0.2) is 4.98 Å². The summed E-state index contributed by atoms with van der Waals surface area (Å²) in [5, 5.41) is 0. The number of carbonyl (C=O) groups excluding carboxylic acids is 2. The molecule has 31 heavy (non-hydrogen) atoms. The van der Waals surface area contributed by atoms with Crippen LogP contribution in [0.25, 0.3) is 22.6 Å². The van der Waals surface area contributed by atoms with Gasteiger partial charge in [0.15, 0.2) is 11.6 Å². The van der Waals surface area contributed by atoms with Gasteiger partial charge in [0, 0.05) is 31.7 Å². The smallest absolute Gasteiger partial charge is 0.270 e. The standard InChI is InChI=1S/C24H23N5O2/c30-22(17-6-2-1-3-7-17)16-28-12-14-29(15-13-28)24(31)21-11-10-20(25-21)23-26-18-8-4-5-9-19(18)27-23/h1-11,25H,12-16H2,(H,26,27). The number of Topliss-reactive ketones (excluding diaryl/α,β-unsaturated/α-hetero) is 1. The highest BCUT2D eigenvalue weighted by Gasteiger charge is 2.24. The highest BCUT2D eigenvalue weighted by atomic mass is 16.2. The first-order valence-corrected chi connectivity index (χ1v) is 10.4. The molecule has 0 unspecified atom stereocenters. The van der Waals surface area contributed by atoms with Crippen molar-refractivity contribution < 1.29 is 9.59 Å². The van der Waals surface area contributed by atoms with Gasteiger partial charge in [-0.3, -0.25) is 14.5 Å². The van der Waals surface area contributed by atoms with Gasteiger partial charge in [0.2, 0.25) is 0 Å². The molecular weight excluding hydrogens is 390 g/mol. The summed E-state index contributed by atoms with van der Waals surface area (Å²) in [4.78, 5) is 40.4. The summed E-state index contributed by atoms with van der Waals surface area (Å²) in [5.74, 6) is 0.793. The number of amides is 1. The van der Waals surface area contributed by atoms with E-state index >= 15 is 0 Å². The molecule has 1 amide bonds. The largest absolute Gasteiger partial charge is 0.348 e. The summed E-state index contributed by atoms with van der Waals surface area (Å²) in [7, 11) is 0. The Hall–Kier alpha value is -3.71. The Morgan fingerprint density at radius 2 is 1.58 bits per heavy atom. The van der Waals surface area contributed by atoms with Crippen molar-refractivity contribution in [2.75, 3.05) is 32.7 Å². The number of fused-ring (bicyclic) bond motifs is 1. The van der Waals surface area contributed by atoms with E-state index in [0.717, 1.165) is 22.3 Å². The van der Waals surface area contributed by atoms with Gasteiger partial charge < -0.3 is 14.9 Å². The molecule has 5 rings (SSSR count). The third kappa shape index (κ3) is 4.00. The number of aromatic nitrogens is 3. The first-order valence-electron chi connectivity index (χ1n) is 10.4. The minimum Gasteiger partial charge on any atom is -0.348 e. The van der Waals surface area contributed by atoms with Crippen LogP contribution in [0.2, 0.25) is 0 Å². The third-order valence-corrected chi connectivity index (χ3v) is 5.68. The van der Waals surface area contributed by atoms with Gasteiger partial charge in [0.25, 0.3) is 5.91 Å². The van der Waals surface area contributed by atoms with Crippen molar-refractivity contribution in [1.82, 2.24) is 24.8 Å². The van der Waals surface area contributed by atoms with E-state index in [-0.39, 0.29) is 11.7 Å². The van der Waals surface area contributed by atoms with Crippen molar-refractivity contribution in [3.05, 3.63) is 78.0 Å². The molecule has 2 aromatic carbocycles. The topological polar surface area (TPSA) is 85.1 Å². The lowest BCUT2D eigenvalue weighted by Crippen LogP contribution is -2.50. The molecule has 0 saturated carbocycles. The number of carbonyl (C=O) groups is 2. The molecule has 7 heteroatoms. The molecule has 7 nitrogen and oxygen atoms in total. The second kappa shape index (κ2) is 8.20.